The number of hydrogen-bond donors (Lipinski definition) is 2. The van der Waals surface area contributed by atoms with E-state index in [1.54, 1.807) is 6.21 Å². The number of rotatable bonds is 19. The van der Waals surface area contributed by atoms with Gasteiger partial charge in [0.25, 0.3) is 5.91 Å². The van der Waals surface area contributed by atoms with Crippen molar-refractivity contribution >= 4 is 29.6 Å². The van der Waals surface area contributed by atoms with Gasteiger partial charge in [0.1, 0.15) is 12.4 Å². The molecule has 2 aromatic carbocycles. The number of nitrogens with zero attached hydrogens (tertiary/aromatic N) is 1. The third-order valence-electron chi connectivity index (χ3n) is 6.06. The Hall–Kier alpha value is -2.86. The zero-order valence-electron chi connectivity index (χ0n) is 22.1. The molecule has 2 rings (SSSR count). The highest BCUT2D eigenvalue weighted by molar-refractivity contribution is 6.30. The van der Waals surface area contributed by atoms with Crippen LogP contribution >= 0.6 is 11.6 Å². The van der Waals surface area contributed by atoms with E-state index >= 15 is 0 Å². The number of amides is 2. The van der Waals surface area contributed by atoms with Crippen LogP contribution in [0.2, 0.25) is 5.02 Å². The number of benzene rings is 2. The molecule has 2 amide bonds. The number of unbranched alkanes of at least 4 members (excludes halogenated alkanes) is 10. The van der Waals surface area contributed by atoms with E-state index in [-0.39, 0.29) is 18.4 Å². The number of carbonyl (C=O) groups excluding carboxylic acids is 2. The van der Waals surface area contributed by atoms with Gasteiger partial charge in [-0.15, -0.1) is 0 Å². The predicted molar refractivity (Wildman–Crippen MR) is 152 cm³/mol. The van der Waals surface area contributed by atoms with Crippen molar-refractivity contribution in [1.82, 2.24) is 10.7 Å². The molecule has 0 atom stereocenters. The fraction of sp³-hybridized carbons (Fsp3) is 0.500. The molecule has 0 bridgehead atoms. The molecule has 0 fully saturated rings. The molecule has 202 valence electrons. The van der Waals surface area contributed by atoms with E-state index in [1.807, 2.05) is 48.5 Å². The summed E-state index contributed by atoms with van der Waals surface area (Å²) in [5.74, 6) is 0.285. The lowest BCUT2D eigenvalue weighted by Crippen LogP contribution is -2.34. The van der Waals surface area contributed by atoms with Gasteiger partial charge >= 0.3 is 0 Å². The van der Waals surface area contributed by atoms with E-state index in [2.05, 4.69) is 22.8 Å². The van der Waals surface area contributed by atoms with Gasteiger partial charge in [-0.2, -0.15) is 5.10 Å². The molecule has 0 aliphatic rings. The van der Waals surface area contributed by atoms with Crippen LogP contribution in [0, 0.1) is 0 Å². The molecule has 37 heavy (non-hydrogen) atoms. The Morgan fingerprint density at radius 3 is 2.03 bits per heavy atom. The lowest BCUT2D eigenvalue weighted by molar-refractivity contribution is -0.126. The van der Waals surface area contributed by atoms with Gasteiger partial charge in [-0.1, -0.05) is 94.9 Å². The number of carbonyl (C=O) groups is 2. The van der Waals surface area contributed by atoms with E-state index < -0.39 is 0 Å². The predicted octanol–water partition coefficient (Wildman–Crippen LogP) is 7.19. The van der Waals surface area contributed by atoms with Crippen molar-refractivity contribution in [1.29, 1.82) is 0 Å². The van der Waals surface area contributed by atoms with Crippen molar-refractivity contribution in [3.8, 4) is 5.75 Å². The lowest BCUT2D eigenvalue weighted by atomic mass is 10.1. The van der Waals surface area contributed by atoms with Crippen LogP contribution in [0.5, 0.6) is 5.75 Å². The first-order chi connectivity index (χ1) is 18.1. The molecule has 7 heteroatoms. The van der Waals surface area contributed by atoms with Crippen LogP contribution in [0.4, 0.5) is 0 Å². The van der Waals surface area contributed by atoms with Crippen LogP contribution in [0.25, 0.3) is 0 Å². The highest BCUT2D eigenvalue weighted by Crippen LogP contribution is 2.15. The SMILES string of the molecule is CCCCCCCCCCCCCC(=O)NCC(=O)N/N=C/c1ccc(OCc2ccc(Cl)cc2)cc1. The Morgan fingerprint density at radius 1 is 0.811 bits per heavy atom. The first-order valence-corrected chi connectivity index (χ1v) is 14.0. The number of nitrogens with one attached hydrogen (secondary N) is 2. The Bertz CT molecular complexity index is 930. The smallest absolute Gasteiger partial charge is 0.259 e. The first kappa shape index (κ1) is 30.4. The van der Waals surface area contributed by atoms with Gasteiger partial charge in [0, 0.05) is 11.4 Å². The van der Waals surface area contributed by atoms with E-state index in [0.29, 0.717) is 18.1 Å². The van der Waals surface area contributed by atoms with Crippen LogP contribution in [0.1, 0.15) is 95.1 Å². The summed E-state index contributed by atoms with van der Waals surface area (Å²) in [7, 11) is 0. The largest absolute Gasteiger partial charge is 0.489 e. The van der Waals surface area contributed by atoms with Crippen molar-refractivity contribution in [2.45, 2.75) is 90.6 Å². The van der Waals surface area contributed by atoms with Crippen molar-refractivity contribution in [3.63, 3.8) is 0 Å². The second-order valence-corrected chi connectivity index (χ2v) is 9.78. The van der Waals surface area contributed by atoms with Crippen LogP contribution in [-0.2, 0) is 16.2 Å². The third-order valence-corrected chi connectivity index (χ3v) is 6.31. The summed E-state index contributed by atoms with van der Waals surface area (Å²) >= 11 is 5.89. The highest BCUT2D eigenvalue weighted by atomic mass is 35.5. The molecule has 0 spiro atoms. The quantitative estimate of drug-likeness (QED) is 0.115. The second kappa shape index (κ2) is 19.3. The molecular formula is C30H42ClN3O3. The summed E-state index contributed by atoms with van der Waals surface area (Å²) in [4.78, 5) is 23.9. The molecule has 0 heterocycles. The maximum Gasteiger partial charge on any atom is 0.259 e. The molecular weight excluding hydrogens is 486 g/mol. The minimum Gasteiger partial charge on any atom is -0.489 e. The summed E-state index contributed by atoms with van der Waals surface area (Å²) in [6.45, 7) is 2.62. The average Bonchev–Trinajstić information content (AvgIpc) is 2.91. The van der Waals surface area contributed by atoms with Crippen molar-refractivity contribution in [2.24, 2.45) is 5.10 Å². The van der Waals surface area contributed by atoms with Gasteiger partial charge in [0.15, 0.2) is 0 Å². The Morgan fingerprint density at radius 2 is 1.41 bits per heavy atom. The maximum absolute atomic E-state index is 11.9. The molecule has 0 aliphatic heterocycles. The molecule has 0 aliphatic carbocycles. The molecule has 0 saturated heterocycles. The van der Waals surface area contributed by atoms with Crippen LogP contribution < -0.4 is 15.5 Å². The Kier molecular flexibility index (Phi) is 15.8. The molecule has 6 nitrogen and oxygen atoms in total. The van der Waals surface area contributed by atoms with Gasteiger partial charge in [-0.25, -0.2) is 5.43 Å². The minimum absolute atomic E-state index is 0.0777. The second-order valence-electron chi connectivity index (χ2n) is 9.34. The van der Waals surface area contributed by atoms with Gasteiger partial charge in [0.05, 0.1) is 12.8 Å². The average molecular weight is 528 g/mol. The molecule has 0 unspecified atom stereocenters. The number of hydrogen-bond acceptors (Lipinski definition) is 4. The highest BCUT2D eigenvalue weighted by Gasteiger charge is 2.05. The zero-order chi connectivity index (χ0) is 26.6. The number of hydrazone groups is 1. The van der Waals surface area contributed by atoms with Gasteiger partial charge in [0.2, 0.25) is 5.91 Å². The van der Waals surface area contributed by atoms with Crippen molar-refractivity contribution in [3.05, 3.63) is 64.7 Å². The minimum atomic E-state index is -0.355. The fourth-order valence-corrected chi connectivity index (χ4v) is 3.96. The van der Waals surface area contributed by atoms with Gasteiger partial charge in [-0.3, -0.25) is 9.59 Å². The summed E-state index contributed by atoms with van der Waals surface area (Å²) < 4.78 is 5.76. The van der Waals surface area contributed by atoms with E-state index in [9.17, 15) is 9.59 Å². The number of halogens is 1. The Labute approximate surface area is 227 Å². The topological polar surface area (TPSA) is 79.8 Å². The summed E-state index contributed by atoms with van der Waals surface area (Å²) in [5, 5.41) is 7.31. The summed E-state index contributed by atoms with van der Waals surface area (Å²) in [5.41, 5.74) is 4.29. The maximum atomic E-state index is 11.9. The van der Waals surface area contributed by atoms with Crippen LogP contribution in [0.15, 0.2) is 53.6 Å². The molecule has 2 N–H and O–H groups in total. The normalized spacial score (nSPS) is 11.0. The zero-order valence-corrected chi connectivity index (χ0v) is 22.9. The van der Waals surface area contributed by atoms with E-state index in [0.717, 1.165) is 29.7 Å². The first-order valence-electron chi connectivity index (χ1n) is 13.6. The molecule has 0 saturated carbocycles. The monoisotopic (exact) mass is 527 g/mol. The molecule has 0 aromatic heterocycles. The summed E-state index contributed by atoms with van der Waals surface area (Å²) in [6.07, 6.45) is 15.7. The molecule has 0 radical (unpaired) electrons. The standard InChI is InChI=1S/C30H42ClN3O3/c1-2-3-4-5-6-7-8-9-10-11-12-13-29(35)32-23-30(36)34-33-22-25-16-20-28(21-17-25)37-24-26-14-18-27(31)19-15-26/h14-22H,2-13,23-24H2,1H3,(H,32,35)(H,34,36)/b33-22+. The van der Waals surface area contributed by atoms with E-state index in [4.69, 9.17) is 16.3 Å². The van der Waals surface area contributed by atoms with Crippen LogP contribution in [-0.4, -0.2) is 24.6 Å². The fourth-order valence-electron chi connectivity index (χ4n) is 3.83. The van der Waals surface area contributed by atoms with Crippen molar-refractivity contribution in [2.75, 3.05) is 6.54 Å². The lowest BCUT2D eigenvalue weighted by Gasteiger charge is -2.06. The Balaban J connectivity index is 1.49. The molecule has 2 aromatic rings. The number of ether oxygens (including phenoxy) is 1. The van der Waals surface area contributed by atoms with Crippen molar-refractivity contribution < 1.29 is 14.3 Å². The van der Waals surface area contributed by atoms with Gasteiger partial charge in [-0.05, 0) is 53.9 Å². The van der Waals surface area contributed by atoms with Gasteiger partial charge < -0.3 is 10.1 Å². The summed E-state index contributed by atoms with van der Waals surface area (Å²) in [6, 6.07) is 14.9. The third kappa shape index (κ3) is 15.1. The van der Waals surface area contributed by atoms with Crippen LogP contribution in [0.3, 0.4) is 0 Å². The van der Waals surface area contributed by atoms with E-state index in [1.165, 1.54) is 57.8 Å².